The molecule has 0 spiro atoms. The van der Waals surface area contributed by atoms with Gasteiger partial charge in [0.2, 0.25) is 0 Å². The molecule has 0 radical (unpaired) electrons. The lowest BCUT2D eigenvalue weighted by molar-refractivity contribution is 0.0731. The van der Waals surface area contributed by atoms with Crippen LogP contribution in [0.3, 0.4) is 0 Å². The van der Waals surface area contributed by atoms with Gasteiger partial charge < -0.3 is 10.6 Å². The second kappa shape index (κ2) is 4.97. The Morgan fingerprint density at radius 3 is 2.50 bits per heavy atom. The fraction of sp³-hybridized carbons (Fsp3) is 0.417. The van der Waals surface area contributed by atoms with E-state index < -0.39 is 28.9 Å². The van der Waals surface area contributed by atoms with Gasteiger partial charge in [-0.3, -0.25) is 4.79 Å². The third-order valence-corrected chi connectivity index (χ3v) is 3.13. The molecular weight excluding hydrogens is 245 g/mol. The first-order valence-corrected chi connectivity index (χ1v) is 5.70. The SMILES string of the molecule is NCC1CCCN1C(=O)c1c(F)cc(F)cc1F. The predicted molar refractivity (Wildman–Crippen MR) is 59.4 cm³/mol. The minimum absolute atomic E-state index is 0.207. The average molecular weight is 258 g/mol. The fourth-order valence-electron chi connectivity index (χ4n) is 2.24. The van der Waals surface area contributed by atoms with E-state index in [9.17, 15) is 18.0 Å². The van der Waals surface area contributed by atoms with E-state index in [2.05, 4.69) is 0 Å². The van der Waals surface area contributed by atoms with Crippen LogP contribution in [0.15, 0.2) is 12.1 Å². The summed E-state index contributed by atoms with van der Waals surface area (Å²) in [6.07, 6.45) is 1.46. The molecule has 2 rings (SSSR count). The van der Waals surface area contributed by atoms with Gasteiger partial charge in [-0.05, 0) is 12.8 Å². The van der Waals surface area contributed by atoms with Crippen LogP contribution in [0.1, 0.15) is 23.2 Å². The Hall–Kier alpha value is -1.56. The number of carbonyl (C=O) groups excluding carboxylic acids is 1. The van der Waals surface area contributed by atoms with Crippen LogP contribution in [0.2, 0.25) is 0 Å². The number of amides is 1. The fourth-order valence-corrected chi connectivity index (χ4v) is 2.24. The van der Waals surface area contributed by atoms with Crippen molar-refractivity contribution < 1.29 is 18.0 Å². The third kappa shape index (κ3) is 2.20. The number of likely N-dealkylation sites (tertiary alicyclic amines) is 1. The molecule has 1 fully saturated rings. The highest BCUT2D eigenvalue weighted by Crippen LogP contribution is 2.23. The Kier molecular flexibility index (Phi) is 3.56. The maximum atomic E-state index is 13.5. The van der Waals surface area contributed by atoms with Crippen molar-refractivity contribution in [1.82, 2.24) is 4.90 Å². The zero-order valence-corrected chi connectivity index (χ0v) is 9.63. The van der Waals surface area contributed by atoms with Crippen molar-refractivity contribution in [1.29, 1.82) is 0 Å². The summed E-state index contributed by atoms with van der Waals surface area (Å²) >= 11 is 0. The average Bonchev–Trinajstić information content (AvgIpc) is 2.75. The summed E-state index contributed by atoms with van der Waals surface area (Å²) in [5.41, 5.74) is 4.79. The van der Waals surface area contributed by atoms with Gasteiger partial charge in [-0.2, -0.15) is 0 Å². The predicted octanol–water partition coefficient (Wildman–Crippen LogP) is 1.67. The standard InChI is InChI=1S/C12H13F3N2O/c13-7-4-9(14)11(10(15)5-7)12(18)17-3-1-2-8(17)6-16/h4-5,8H,1-3,6,16H2. The van der Waals surface area contributed by atoms with Gasteiger partial charge in [0.05, 0.1) is 0 Å². The minimum Gasteiger partial charge on any atom is -0.334 e. The number of nitrogens with two attached hydrogens (primary N) is 1. The van der Waals surface area contributed by atoms with Crippen LogP contribution < -0.4 is 5.73 Å². The van der Waals surface area contributed by atoms with E-state index in [1.54, 1.807) is 0 Å². The van der Waals surface area contributed by atoms with Crippen molar-refractivity contribution in [2.45, 2.75) is 18.9 Å². The molecule has 1 aliphatic heterocycles. The number of nitrogens with zero attached hydrogens (tertiary/aromatic N) is 1. The van der Waals surface area contributed by atoms with Crippen LogP contribution in [0.4, 0.5) is 13.2 Å². The van der Waals surface area contributed by atoms with Crippen molar-refractivity contribution in [3.8, 4) is 0 Å². The maximum Gasteiger partial charge on any atom is 0.260 e. The van der Waals surface area contributed by atoms with Gasteiger partial charge in [0.15, 0.2) is 0 Å². The molecule has 1 heterocycles. The van der Waals surface area contributed by atoms with Crippen molar-refractivity contribution in [2.75, 3.05) is 13.1 Å². The molecule has 2 N–H and O–H groups in total. The molecule has 1 aromatic carbocycles. The summed E-state index contributed by atoms with van der Waals surface area (Å²) in [5, 5.41) is 0. The highest BCUT2D eigenvalue weighted by Gasteiger charge is 2.31. The normalized spacial score (nSPS) is 19.3. The van der Waals surface area contributed by atoms with E-state index in [0.717, 1.165) is 6.42 Å². The van der Waals surface area contributed by atoms with E-state index in [4.69, 9.17) is 5.73 Å². The van der Waals surface area contributed by atoms with Gasteiger partial charge in [0, 0.05) is 31.3 Å². The van der Waals surface area contributed by atoms with Gasteiger partial charge in [0.1, 0.15) is 23.0 Å². The van der Waals surface area contributed by atoms with E-state index in [0.29, 0.717) is 25.1 Å². The molecule has 6 heteroatoms. The van der Waals surface area contributed by atoms with Crippen molar-refractivity contribution in [3.63, 3.8) is 0 Å². The molecule has 98 valence electrons. The highest BCUT2D eigenvalue weighted by atomic mass is 19.1. The minimum atomic E-state index is -1.18. The molecule has 1 aromatic rings. The molecule has 0 saturated carbocycles. The summed E-state index contributed by atoms with van der Waals surface area (Å²) in [7, 11) is 0. The molecule has 0 bridgehead atoms. The van der Waals surface area contributed by atoms with Crippen LogP contribution in [0.5, 0.6) is 0 Å². The monoisotopic (exact) mass is 258 g/mol. The second-order valence-electron chi connectivity index (χ2n) is 4.27. The van der Waals surface area contributed by atoms with Crippen molar-refractivity contribution >= 4 is 5.91 Å². The molecule has 1 unspecified atom stereocenters. The molecule has 1 atom stereocenters. The second-order valence-corrected chi connectivity index (χ2v) is 4.27. The Balaban J connectivity index is 2.34. The summed E-state index contributed by atoms with van der Waals surface area (Å²) < 4.78 is 39.7. The first kappa shape index (κ1) is 12.9. The number of carbonyl (C=O) groups is 1. The molecule has 1 aliphatic rings. The van der Waals surface area contributed by atoms with Crippen LogP contribution in [0.25, 0.3) is 0 Å². The Morgan fingerprint density at radius 1 is 1.33 bits per heavy atom. The number of benzene rings is 1. The number of halogens is 3. The first-order valence-electron chi connectivity index (χ1n) is 5.70. The summed E-state index contributed by atoms with van der Waals surface area (Å²) in [5.74, 6) is -4.17. The lowest BCUT2D eigenvalue weighted by Crippen LogP contribution is -2.40. The molecule has 0 aromatic heterocycles. The van der Waals surface area contributed by atoms with E-state index in [1.165, 1.54) is 4.90 Å². The Labute approximate surface area is 102 Å². The van der Waals surface area contributed by atoms with Crippen LogP contribution in [-0.4, -0.2) is 29.9 Å². The summed E-state index contributed by atoms with van der Waals surface area (Å²) in [6, 6.07) is 0.801. The number of hydrogen-bond donors (Lipinski definition) is 1. The Morgan fingerprint density at radius 2 is 1.94 bits per heavy atom. The van der Waals surface area contributed by atoms with E-state index in [1.807, 2.05) is 0 Å². The largest absolute Gasteiger partial charge is 0.334 e. The lowest BCUT2D eigenvalue weighted by Gasteiger charge is -2.23. The third-order valence-electron chi connectivity index (χ3n) is 3.13. The van der Waals surface area contributed by atoms with Crippen molar-refractivity contribution in [3.05, 3.63) is 35.1 Å². The lowest BCUT2D eigenvalue weighted by atomic mass is 10.1. The van der Waals surface area contributed by atoms with Gasteiger partial charge >= 0.3 is 0 Å². The van der Waals surface area contributed by atoms with Crippen LogP contribution in [-0.2, 0) is 0 Å². The number of hydrogen-bond acceptors (Lipinski definition) is 2. The smallest absolute Gasteiger partial charge is 0.260 e. The summed E-state index contributed by atoms with van der Waals surface area (Å²) in [6.45, 7) is 0.660. The zero-order chi connectivity index (χ0) is 13.3. The Bertz CT molecular complexity index is 455. The molecule has 18 heavy (non-hydrogen) atoms. The van der Waals surface area contributed by atoms with Gasteiger partial charge in [-0.1, -0.05) is 0 Å². The molecular formula is C12H13F3N2O. The number of rotatable bonds is 2. The molecule has 1 saturated heterocycles. The van der Waals surface area contributed by atoms with Gasteiger partial charge in [-0.15, -0.1) is 0 Å². The molecule has 1 amide bonds. The molecule has 3 nitrogen and oxygen atoms in total. The van der Waals surface area contributed by atoms with E-state index in [-0.39, 0.29) is 12.6 Å². The van der Waals surface area contributed by atoms with Crippen LogP contribution >= 0.6 is 0 Å². The highest BCUT2D eigenvalue weighted by molar-refractivity contribution is 5.95. The topological polar surface area (TPSA) is 46.3 Å². The zero-order valence-electron chi connectivity index (χ0n) is 9.63. The van der Waals surface area contributed by atoms with E-state index >= 15 is 0 Å². The first-order chi connectivity index (χ1) is 8.54. The summed E-state index contributed by atoms with van der Waals surface area (Å²) in [4.78, 5) is 13.4. The van der Waals surface area contributed by atoms with Gasteiger partial charge in [0.25, 0.3) is 5.91 Å². The van der Waals surface area contributed by atoms with Gasteiger partial charge in [-0.25, -0.2) is 13.2 Å². The van der Waals surface area contributed by atoms with Crippen molar-refractivity contribution in [2.24, 2.45) is 5.73 Å². The van der Waals surface area contributed by atoms with Crippen LogP contribution in [0, 0.1) is 17.5 Å². The quantitative estimate of drug-likeness (QED) is 0.877. The maximum absolute atomic E-state index is 13.5. The molecule has 0 aliphatic carbocycles.